The minimum Gasteiger partial charge on any atom is -0.461 e. The quantitative estimate of drug-likeness (QED) is 0.836. The van der Waals surface area contributed by atoms with Gasteiger partial charge >= 0.3 is 5.97 Å². The number of nitrogens with one attached hydrogen (secondary N) is 1. The molecule has 6 heteroatoms. The molecule has 2 aliphatic rings. The highest BCUT2D eigenvalue weighted by Crippen LogP contribution is 2.20. The van der Waals surface area contributed by atoms with Crippen LogP contribution in [0.4, 0.5) is 0 Å². The predicted molar refractivity (Wildman–Crippen MR) is 73.3 cm³/mol. The summed E-state index contributed by atoms with van der Waals surface area (Å²) in [6.07, 6.45) is 2.69. The van der Waals surface area contributed by atoms with Crippen molar-refractivity contribution in [1.29, 1.82) is 0 Å². The Morgan fingerprint density at radius 3 is 2.90 bits per heavy atom. The molecule has 0 saturated carbocycles. The van der Waals surface area contributed by atoms with E-state index in [1.807, 2.05) is 11.6 Å². The molecule has 2 aliphatic heterocycles. The van der Waals surface area contributed by atoms with Gasteiger partial charge in [0.15, 0.2) is 5.82 Å². The fraction of sp³-hybridized carbons (Fsp3) is 0.786. The second-order valence-electron chi connectivity index (χ2n) is 6.16. The van der Waals surface area contributed by atoms with Crippen LogP contribution in [0.3, 0.4) is 0 Å². The molecule has 0 aliphatic carbocycles. The van der Waals surface area contributed by atoms with E-state index in [1.54, 1.807) is 0 Å². The number of esters is 1. The third-order valence-electron chi connectivity index (χ3n) is 4.00. The number of carbonyl (C=O) groups is 1. The van der Waals surface area contributed by atoms with Crippen LogP contribution in [0.1, 0.15) is 51.2 Å². The van der Waals surface area contributed by atoms with Gasteiger partial charge in [-0.2, -0.15) is 5.10 Å². The molecule has 1 N–H and O–H groups in total. The van der Waals surface area contributed by atoms with Crippen LogP contribution in [0.25, 0.3) is 0 Å². The Hall–Kier alpha value is -1.43. The van der Waals surface area contributed by atoms with Crippen molar-refractivity contribution in [3.63, 3.8) is 0 Å². The van der Waals surface area contributed by atoms with Crippen molar-refractivity contribution in [3.8, 4) is 0 Å². The molecule has 0 aromatic carbocycles. The Labute approximate surface area is 118 Å². The molecule has 0 unspecified atom stereocenters. The number of rotatable bonds is 3. The summed E-state index contributed by atoms with van der Waals surface area (Å²) in [7, 11) is 0. The average molecular weight is 278 g/mol. The molecule has 0 radical (unpaired) electrons. The number of carbonyl (C=O) groups excluding carboxylic acids is 1. The zero-order chi connectivity index (χ0) is 14.3. The normalized spacial score (nSPS) is 29.6. The fourth-order valence-electron chi connectivity index (χ4n) is 2.89. The summed E-state index contributed by atoms with van der Waals surface area (Å²) in [5.41, 5.74) is 0. The van der Waals surface area contributed by atoms with Gasteiger partial charge in [-0.3, -0.25) is 10.1 Å². The molecule has 0 bridgehead atoms. The maximum atomic E-state index is 11.7. The van der Waals surface area contributed by atoms with Crippen LogP contribution in [-0.4, -0.2) is 38.9 Å². The molecule has 3 heterocycles. The SMILES string of the molecule is CC(C)c1nc2n(n1)C[C@@H](N[C@H]1C[C@@H](C)OC1=O)CC2. The van der Waals surface area contributed by atoms with Crippen LogP contribution in [0.2, 0.25) is 0 Å². The number of fused-ring (bicyclic) bond motifs is 1. The first-order valence-electron chi connectivity index (χ1n) is 7.43. The standard InChI is InChI=1S/C14H22N4O2/c1-8(2)13-16-12-5-4-10(7-18(12)17-13)15-11-6-9(3)20-14(11)19/h8-11,15H,4-7H2,1-3H3/t9-,10+,11+/m1/s1. The number of hydrogen-bond donors (Lipinski definition) is 1. The number of ether oxygens (including phenoxy) is 1. The van der Waals surface area contributed by atoms with E-state index in [9.17, 15) is 4.79 Å². The van der Waals surface area contributed by atoms with Gasteiger partial charge in [-0.15, -0.1) is 0 Å². The summed E-state index contributed by atoms with van der Waals surface area (Å²) in [4.78, 5) is 16.3. The minimum atomic E-state index is -0.162. The van der Waals surface area contributed by atoms with Crippen molar-refractivity contribution in [1.82, 2.24) is 20.1 Å². The molecule has 3 atom stereocenters. The van der Waals surface area contributed by atoms with Crippen LogP contribution >= 0.6 is 0 Å². The van der Waals surface area contributed by atoms with Gasteiger partial charge in [0.1, 0.15) is 18.0 Å². The zero-order valence-electron chi connectivity index (χ0n) is 12.3. The maximum absolute atomic E-state index is 11.7. The van der Waals surface area contributed by atoms with Gasteiger partial charge < -0.3 is 4.74 Å². The van der Waals surface area contributed by atoms with Gasteiger partial charge in [-0.25, -0.2) is 9.67 Å². The van der Waals surface area contributed by atoms with E-state index in [4.69, 9.17) is 4.74 Å². The molecule has 0 amide bonds. The van der Waals surface area contributed by atoms with Gasteiger partial charge in [-0.1, -0.05) is 13.8 Å². The molecule has 6 nitrogen and oxygen atoms in total. The van der Waals surface area contributed by atoms with E-state index in [-0.39, 0.29) is 24.2 Å². The topological polar surface area (TPSA) is 69.0 Å². The molecule has 0 spiro atoms. The first kappa shape index (κ1) is 13.5. The Kier molecular flexibility index (Phi) is 3.50. The van der Waals surface area contributed by atoms with E-state index >= 15 is 0 Å². The first-order chi connectivity index (χ1) is 9.52. The fourth-order valence-corrected chi connectivity index (χ4v) is 2.89. The van der Waals surface area contributed by atoms with Crippen LogP contribution in [0, 0.1) is 0 Å². The number of aromatic nitrogens is 3. The molecular weight excluding hydrogens is 256 g/mol. The summed E-state index contributed by atoms with van der Waals surface area (Å²) in [5.74, 6) is 2.21. The van der Waals surface area contributed by atoms with Gasteiger partial charge in [0, 0.05) is 24.8 Å². The molecule has 1 fully saturated rings. The molecule has 1 saturated heterocycles. The van der Waals surface area contributed by atoms with E-state index in [0.717, 1.165) is 37.5 Å². The number of nitrogens with zero attached hydrogens (tertiary/aromatic N) is 3. The summed E-state index contributed by atoms with van der Waals surface area (Å²) < 4.78 is 7.17. The lowest BCUT2D eigenvalue weighted by Gasteiger charge is -2.25. The Balaban J connectivity index is 1.65. The van der Waals surface area contributed by atoms with Crippen molar-refractivity contribution in [2.24, 2.45) is 0 Å². The number of hydrogen-bond acceptors (Lipinski definition) is 5. The molecule has 1 aromatic rings. The summed E-state index contributed by atoms with van der Waals surface area (Å²) in [6, 6.07) is 0.108. The summed E-state index contributed by atoms with van der Waals surface area (Å²) in [5, 5.41) is 7.97. The summed E-state index contributed by atoms with van der Waals surface area (Å²) in [6.45, 7) is 6.93. The molecular formula is C14H22N4O2. The molecule has 3 rings (SSSR count). The highest BCUT2D eigenvalue weighted by atomic mass is 16.6. The van der Waals surface area contributed by atoms with Gasteiger partial charge in [-0.05, 0) is 13.3 Å². The highest BCUT2D eigenvalue weighted by molar-refractivity contribution is 5.77. The van der Waals surface area contributed by atoms with Gasteiger partial charge in [0.05, 0.1) is 6.54 Å². The second-order valence-corrected chi connectivity index (χ2v) is 6.16. The maximum Gasteiger partial charge on any atom is 0.323 e. The monoisotopic (exact) mass is 278 g/mol. The van der Waals surface area contributed by atoms with E-state index < -0.39 is 0 Å². The van der Waals surface area contributed by atoms with Gasteiger partial charge in [0.2, 0.25) is 0 Å². The molecule has 110 valence electrons. The average Bonchev–Trinajstić information content (AvgIpc) is 2.93. The lowest BCUT2D eigenvalue weighted by molar-refractivity contribution is -0.142. The Bertz CT molecular complexity index is 511. The predicted octanol–water partition coefficient (Wildman–Crippen LogP) is 1.01. The van der Waals surface area contributed by atoms with E-state index in [0.29, 0.717) is 5.92 Å². The smallest absolute Gasteiger partial charge is 0.323 e. The van der Waals surface area contributed by atoms with Crippen molar-refractivity contribution in [2.45, 2.75) is 70.7 Å². The Morgan fingerprint density at radius 1 is 1.45 bits per heavy atom. The van der Waals surface area contributed by atoms with Crippen molar-refractivity contribution >= 4 is 5.97 Å². The lowest BCUT2D eigenvalue weighted by atomic mass is 10.1. The van der Waals surface area contributed by atoms with E-state index in [1.165, 1.54) is 0 Å². The van der Waals surface area contributed by atoms with Crippen molar-refractivity contribution in [3.05, 3.63) is 11.6 Å². The van der Waals surface area contributed by atoms with Crippen molar-refractivity contribution < 1.29 is 9.53 Å². The lowest BCUT2D eigenvalue weighted by Crippen LogP contribution is -2.45. The number of cyclic esters (lactones) is 1. The van der Waals surface area contributed by atoms with Crippen molar-refractivity contribution in [2.75, 3.05) is 0 Å². The largest absolute Gasteiger partial charge is 0.461 e. The van der Waals surface area contributed by atoms with Gasteiger partial charge in [0.25, 0.3) is 0 Å². The third-order valence-corrected chi connectivity index (χ3v) is 4.00. The van der Waals surface area contributed by atoms with Crippen LogP contribution < -0.4 is 5.32 Å². The third kappa shape index (κ3) is 2.57. The van der Waals surface area contributed by atoms with Crippen LogP contribution in [0.15, 0.2) is 0 Å². The number of aryl methyl sites for hydroxylation is 1. The van der Waals surface area contributed by atoms with Crippen LogP contribution in [-0.2, 0) is 22.5 Å². The molecule has 1 aromatic heterocycles. The minimum absolute atomic E-state index is 0.0260. The highest BCUT2D eigenvalue weighted by Gasteiger charge is 2.34. The second kappa shape index (κ2) is 5.16. The zero-order valence-corrected chi connectivity index (χ0v) is 12.3. The Morgan fingerprint density at radius 2 is 2.25 bits per heavy atom. The van der Waals surface area contributed by atoms with E-state index in [2.05, 4.69) is 29.2 Å². The molecule has 20 heavy (non-hydrogen) atoms. The van der Waals surface area contributed by atoms with Crippen LogP contribution in [0.5, 0.6) is 0 Å². The summed E-state index contributed by atoms with van der Waals surface area (Å²) >= 11 is 0. The first-order valence-corrected chi connectivity index (χ1v) is 7.43.